The molecular formula is C26H25NO6. The van der Waals surface area contributed by atoms with E-state index in [1.807, 2.05) is 30.3 Å². The smallest absolute Gasteiger partial charge is 0.205 e. The molecule has 1 N–H and O–H groups in total. The van der Waals surface area contributed by atoms with Crippen molar-refractivity contribution in [3.05, 3.63) is 77.5 Å². The van der Waals surface area contributed by atoms with Gasteiger partial charge in [0.1, 0.15) is 6.61 Å². The predicted molar refractivity (Wildman–Crippen MR) is 125 cm³/mol. The minimum absolute atomic E-state index is 0.178. The Labute approximate surface area is 191 Å². The van der Waals surface area contributed by atoms with Crippen LogP contribution in [0.3, 0.4) is 0 Å². The number of methoxy groups -OCH3 is 4. The van der Waals surface area contributed by atoms with Crippen LogP contribution >= 0.6 is 0 Å². The molecule has 0 atom stereocenters. The van der Waals surface area contributed by atoms with Gasteiger partial charge in [-0.1, -0.05) is 30.3 Å². The van der Waals surface area contributed by atoms with E-state index in [1.54, 1.807) is 44.7 Å². The zero-order valence-corrected chi connectivity index (χ0v) is 18.9. The molecule has 0 fully saturated rings. The maximum atomic E-state index is 13.5. The van der Waals surface area contributed by atoms with E-state index in [2.05, 4.69) is 4.98 Å². The lowest BCUT2D eigenvalue weighted by atomic mass is 10.0. The van der Waals surface area contributed by atoms with Crippen molar-refractivity contribution in [3.8, 4) is 28.7 Å². The molecule has 0 saturated carbocycles. The Hall–Kier alpha value is -4.13. The molecule has 0 amide bonds. The van der Waals surface area contributed by atoms with Crippen molar-refractivity contribution in [2.45, 2.75) is 6.61 Å². The molecule has 0 aliphatic heterocycles. The normalized spacial score (nSPS) is 10.7. The van der Waals surface area contributed by atoms with Crippen molar-refractivity contribution in [1.29, 1.82) is 0 Å². The van der Waals surface area contributed by atoms with Gasteiger partial charge in [-0.15, -0.1) is 0 Å². The molecule has 170 valence electrons. The van der Waals surface area contributed by atoms with Crippen molar-refractivity contribution in [3.63, 3.8) is 0 Å². The number of aromatic nitrogens is 1. The fourth-order valence-corrected chi connectivity index (χ4v) is 3.74. The Kier molecular flexibility index (Phi) is 6.40. The third-order valence-electron chi connectivity index (χ3n) is 5.39. The molecule has 0 saturated heterocycles. The van der Waals surface area contributed by atoms with E-state index in [9.17, 15) is 4.79 Å². The number of aromatic amines is 1. The Morgan fingerprint density at radius 2 is 1.52 bits per heavy atom. The molecular weight excluding hydrogens is 422 g/mol. The number of H-pyrrole nitrogens is 1. The van der Waals surface area contributed by atoms with Gasteiger partial charge in [-0.05, 0) is 29.8 Å². The monoisotopic (exact) mass is 447 g/mol. The third-order valence-corrected chi connectivity index (χ3v) is 5.39. The van der Waals surface area contributed by atoms with Crippen LogP contribution in [0, 0.1) is 0 Å². The van der Waals surface area contributed by atoms with E-state index in [0.717, 1.165) is 5.56 Å². The largest absolute Gasteiger partial charge is 0.493 e. The molecule has 33 heavy (non-hydrogen) atoms. The topological polar surface area (TPSA) is 79.0 Å². The summed E-state index contributed by atoms with van der Waals surface area (Å²) in [5.41, 5.74) is 2.60. The van der Waals surface area contributed by atoms with Gasteiger partial charge in [0.25, 0.3) is 0 Å². The van der Waals surface area contributed by atoms with Crippen LogP contribution in [-0.2, 0) is 6.61 Å². The van der Waals surface area contributed by atoms with Crippen molar-refractivity contribution in [1.82, 2.24) is 4.98 Å². The van der Waals surface area contributed by atoms with Crippen LogP contribution in [0.15, 0.2) is 60.8 Å². The lowest BCUT2D eigenvalue weighted by Crippen LogP contribution is -2.03. The molecule has 4 aromatic rings. The second-order valence-corrected chi connectivity index (χ2v) is 7.24. The zero-order chi connectivity index (χ0) is 23.4. The van der Waals surface area contributed by atoms with E-state index in [-0.39, 0.29) is 5.78 Å². The van der Waals surface area contributed by atoms with Gasteiger partial charge in [-0.2, -0.15) is 0 Å². The number of fused-ring (bicyclic) bond motifs is 1. The van der Waals surface area contributed by atoms with Gasteiger partial charge >= 0.3 is 0 Å². The number of rotatable bonds is 9. The van der Waals surface area contributed by atoms with E-state index >= 15 is 0 Å². The Morgan fingerprint density at radius 1 is 0.788 bits per heavy atom. The van der Waals surface area contributed by atoms with Gasteiger partial charge in [-0.3, -0.25) is 4.79 Å². The highest BCUT2D eigenvalue weighted by Gasteiger charge is 2.23. The summed E-state index contributed by atoms with van der Waals surface area (Å²) in [6.45, 7) is 0.357. The summed E-state index contributed by atoms with van der Waals surface area (Å²) in [6, 6.07) is 16.7. The summed E-state index contributed by atoms with van der Waals surface area (Å²) < 4.78 is 27.8. The Bertz CT molecular complexity index is 1280. The first-order valence-corrected chi connectivity index (χ1v) is 10.3. The highest BCUT2D eigenvalue weighted by molar-refractivity contribution is 6.17. The van der Waals surface area contributed by atoms with E-state index in [0.29, 0.717) is 57.4 Å². The minimum Gasteiger partial charge on any atom is -0.493 e. The number of carbonyl (C=O) groups is 1. The molecule has 7 nitrogen and oxygen atoms in total. The molecule has 0 aliphatic carbocycles. The first-order chi connectivity index (χ1) is 16.1. The molecule has 3 aromatic carbocycles. The summed E-state index contributed by atoms with van der Waals surface area (Å²) in [7, 11) is 6.18. The van der Waals surface area contributed by atoms with Crippen molar-refractivity contribution in [2.75, 3.05) is 28.4 Å². The second kappa shape index (κ2) is 9.56. The molecule has 1 aromatic heterocycles. The summed E-state index contributed by atoms with van der Waals surface area (Å²) >= 11 is 0. The van der Waals surface area contributed by atoms with Gasteiger partial charge in [-0.25, -0.2) is 0 Å². The van der Waals surface area contributed by atoms with Crippen LogP contribution in [-0.4, -0.2) is 39.2 Å². The fraction of sp³-hybridized carbons (Fsp3) is 0.192. The summed E-state index contributed by atoms with van der Waals surface area (Å²) in [5, 5.41) is 0.664. The van der Waals surface area contributed by atoms with Crippen molar-refractivity contribution >= 4 is 16.7 Å². The summed E-state index contributed by atoms with van der Waals surface area (Å²) in [5.74, 6) is 2.25. The molecule has 7 heteroatoms. The van der Waals surface area contributed by atoms with Crippen LogP contribution in [0.1, 0.15) is 21.5 Å². The first-order valence-electron chi connectivity index (χ1n) is 10.3. The van der Waals surface area contributed by atoms with Gasteiger partial charge in [0, 0.05) is 22.7 Å². The lowest BCUT2D eigenvalue weighted by Gasteiger charge is -2.14. The molecule has 0 unspecified atom stereocenters. The van der Waals surface area contributed by atoms with Crippen molar-refractivity contribution < 1.29 is 28.5 Å². The maximum absolute atomic E-state index is 13.5. The van der Waals surface area contributed by atoms with Crippen molar-refractivity contribution in [2.24, 2.45) is 0 Å². The standard InChI is InChI=1S/C26H25NO6/c1-29-20-11-10-17(12-21(20)33-15-16-8-6-5-7-9-16)24(28)19-14-27-23-18(19)13-22(30-2)25(31-3)26(23)32-4/h5-14,27H,15H2,1-4H3. The van der Waals surface area contributed by atoms with Gasteiger partial charge in [0.2, 0.25) is 5.75 Å². The van der Waals surface area contributed by atoms with Crippen LogP contribution in [0.25, 0.3) is 10.9 Å². The summed E-state index contributed by atoms with van der Waals surface area (Å²) in [4.78, 5) is 16.6. The molecule has 0 aliphatic rings. The van der Waals surface area contributed by atoms with Crippen LogP contribution in [0.5, 0.6) is 28.7 Å². The van der Waals surface area contributed by atoms with Gasteiger partial charge in [0.05, 0.1) is 34.0 Å². The van der Waals surface area contributed by atoms with Crippen LogP contribution in [0.4, 0.5) is 0 Å². The number of hydrogen-bond donors (Lipinski definition) is 1. The summed E-state index contributed by atoms with van der Waals surface area (Å²) in [6.07, 6.45) is 1.66. The molecule has 0 radical (unpaired) electrons. The molecule has 1 heterocycles. The fourth-order valence-electron chi connectivity index (χ4n) is 3.74. The van der Waals surface area contributed by atoms with Gasteiger partial charge in [0.15, 0.2) is 28.8 Å². The highest BCUT2D eigenvalue weighted by Crippen LogP contribution is 2.44. The highest BCUT2D eigenvalue weighted by atomic mass is 16.5. The number of carbonyl (C=O) groups excluding carboxylic acids is 1. The average Bonchev–Trinajstić information content (AvgIpc) is 3.29. The second-order valence-electron chi connectivity index (χ2n) is 7.24. The number of hydrogen-bond acceptors (Lipinski definition) is 6. The average molecular weight is 447 g/mol. The van der Waals surface area contributed by atoms with E-state index < -0.39 is 0 Å². The van der Waals surface area contributed by atoms with E-state index in [1.165, 1.54) is 14.2 Å². The minimum atomic E-state index is -0.178. The van der Waals surface area contributed by atoms with Crippen LogP contribution in [0.2, 0.25) is 0 Å². The molecule has 0 spiro atoms. The maximum Gasteiger partial charge on any atom is 0.205 e. The first kappa shape index (κ1) is 22.1. The third kappa shape index (κ3) is 4.17. The Balaban J connectivity index is 1.72. The number of ether oxygens (including phenoxy) is 5. The quantitative estimate of drug-likeness (QED) is 0.363. The lowest BCUT2D eigenvalue weighted by molar-refractivity contribution is 0.103. The number of benzene rings is 3. The zero-order valence-electron chi connectivity index (χ0n) is 18.9. The van der Waals surface area contributed by atoms with E-state index in [4.69, 9.17) is 23.7 Å². The van der Waals surface area contributed by atoms with Crippen LogP contribution < -0.4 is 23.7 Å². The Morgan fingerprint density at radius 3 is 2.18 bits per heavy atom. The predicted octanol–water partition coefficient (Wildman–Crippen LogP) is 5.01. The number of nitrogens with one attached hydrogen (secondary N) is 1. The van der Waals surface area contributed by atoms with Gasteiger partial charge < -0.3 is 28.7 Å². The SMILES string of the molecule is COc1ccc(C(=O)c2c[nH]c3c(OC)c(OC)c(OC)cc23)cc1OCc1ccccc1. The molecule has 0 bridgehead atoms. The molecule has 4 rings (SSSR count). The number of ketones is 1.